The third-order valence-electron chi connectivity index (χ3n) is 8.61. The molecule has 41 heavy (non-hydrogen) atoms. The van der Waals surface area contributed by atoms with Crippen molar-refractivity contribution in [2.24, 2.45) is 5.92 Å². The predicted molar refractivity (Wildman–Crippen MR) is 161 cm³/mol. The fraction of sp³-hybridized carbons (Fsp3) is 0.371. The number of fused-ring (bicyclic) bond motifs is 1. The molecular weight excluding hydrogens is 512 g/mol. The maximum absolute atomic E-state index is 13.9. The average molecular weight is 551 g/mol. The molecule has 1 aliphatic heterocycles. The molecule has 3 aromatic carbocycles. The molecule has 2 N–H and O–H groups in total. The Bertz CT molecular complexity index is 1470. The van der Waals surface area contributed by atoms with Crippen molar-refractivity contribution in [1.29, 1.82) is 0 Å². The van der Waals surface area contributed by atoms with Crippen molar-refractivity contribution < 1.29 is 19.1 Å². The molecule has 2 atom stereocenters. The summed E-state index contributed by atoms with van der Waals surface area (Å²) in [5.74, 6) is 0.948. The van der Waals surface area contributed by atoms with E-state index in [0.29, 0.717) is 24.5 Å². The van der Waals surface area contributed by atoms with E-state index in [9.17, 15) is 9.59 Å². The largest absolute Gasteiger partial charge is 0.490 e. The van der Waals surface area contributed by atoms with Crippen molar-refractivity contribution in [1.82, 2.24) is 0 Å². The maximum atomic E-state index is 13.9. The van der Waals surface area contributed by atoms with Crippen LogP contribution in [0, 0.1) is 12.8 Å². The summed E-state index contributed by atoms with van der Waals surface area (Å²) in [6.07, 6.45) is 6.26. The number of Topliss-reactive ketones (excluding diaryl/α,β-unsaturated/α-hetero) is 1. The standard InChI is InChI=1S/C35H38N2O4/c1-3-40-32-21-25(17-18-31(32)41-35(39)24-9-5-4-6-10-24)34-33-29(36-27-11-7-8-12-28(27)37-34)19-26(20-30(33)38)23-15-13-22(2)14-16-23/h7-8,11-18,21,24,26,34,36-37H,3-6,9-10,19-20H2,1-2H3/t26-,34+/m1/s1. The molecule has 0 amide bonds. The number of esters is 1. The predicted octanol–water partition coefficient (Wildman–Crippen LogP) is 7.86. The number of hydrogen-bond acceptors (Lipinski definition) is 6. The van der Waals surface area contributed by atoms with Crippen molar-refractivity contribution in [3.63, 3.8) is 0 Å². The van der Waals surface area contributed by atoms with Crippen molar-refractivity contribution in [3.05, 3.63) is 94.7 Å². The van der Waals surface area contributed by atoms with Gasteiger partial charge in [-0.05, 0) is 74.4 Å². The molecule has 6 heteroatoms. The third-order valence-corrected chi connectivity index (χ3v) is 8.61. The number of anilines is 2. The highest BCUT2D eigenvalue weighted by Gasteiger charge is 2.36. The van der Waals surface area contributed by atoms with E-state index in [2.05, 4.69) is 41.8 Å². The highest BCUT2D eigenvalue weighted by molar-refractivity contribution is 6.01. The minimum absolute atomic E-state index is 0.0574. The zero-order chi connectivity index (χ0) is 28.3. The summed E-state index contributed by atoms with van der Waals surface area (Å²) >= 11 is 0. The number of nitrogens with one attached hydrogen (secondary N) is 2. The van der Waals surface area contributed by atoms with Crippen molar-refractivity contribution in [3.8, 4) is 11.5 Å². The highest BCUT2D eigenvalue weighted by Crippen LogP contribution is 2.45. The van der Waals surface area contributed by atoms with Gasteiger partial charge in [-0.1, -0.05) is 67.3 Å². The zero-order valence-corrected chi connectivity index (χ0v) is 23.9. The SMILES string of the molecule is CCOc1cc([C@@H]2Nc3ccccc3NC3=C2C(=O)C[C@H](c2ccc(C)cc2)C3)ccc1OC(=O)C1CCCCC1. The molecule has 3 aromatic rings. The molecule has 1 fully saturated rings. The van der Waals surface area contributed by atoms with Crippen molar-refractivity contribution in [2.75, 3.05) is 17.2 Å². The van der Waals surface area contributed by atoms with Gasteiger partial charge in [0.2, 0.25) is 0 Å². The van der Waals surface area contributed by atoms with Crippen LogP contribution >= 0.6 is 0 Å². The van der Waals surface area contributed by atoms with Crippen LogP contribution in [0.1, 0.15) is 80.5 Å². The molecule has 0 unspecified atom stereocenters. The Hall–Kier alpha value is -4.06. The Morgan fingerprint density at radius 3 is 2.37 bits per heavy atom. The van der Waals surface area contributed by atoms with E-state index >= 15 is 0 Å². The second-order valence-corrected chi connectivity index (χ2v) is 11.5. The van der Waals surface area contributed by atoms with E-state index in [0.717, 1.165) is 60.3 Å². The first-order chi connectivity index (χ1) is 20.0. The highest BCUT2D eigenvalue weighted by atomic mass is 16.6. The number of ketones is 1. The minimum atomic E-state index is -0.380. The van der Waals surface area contributed by atoms with Gasteiger partial charge in [0, 0.05) is 17.7 Å². The Morgan fingerprint density at radius 2 is 1.61 bits per heavy atom. The van der Waals surface area contributed by atoms with Gasteiger partial charge in [-0.2, -0.15) is 0 Å². The first-order valence-corrected chi connectivity index (χ1v) is 14.9. The molecule has 6 rings (SSSR count). The lowest BCUT2D eigenvalue weighted by Gasteiger charge is -2.30. The van der Waals surface area contributed by atoms with Crippen LogP contribution in [-0.4, -0.2) is 18.4 Å². The van der Waals surface area contributed by atoms with Crippen LogP contribution in [0.5, 0.6) is 11.5 Å². The number of para-hydroxylation sites is 2. The van der Waals surface area contributed by atoms with E-state index in [1.807, 2.05) is 49.4 Å². The second kappa shape index (κ2) is 11.8. The summed E-state index contributed by atoms with van der Waals surface area (Å²) in [5, 5.41) is 7.26. The summed E-state index contributed by atoms with van der Waals surface area (Å²) in [6.45, 7) is 4.43. The Balaban J connectivity index is 1.36. The van der Waals surface area contributed by atoms with Crippen LogP contribution in [0.4, 0.5) is 11.4 Å². The van der Waals surface area contributed by atoms with E-state index in [4.69, 9.17) is 9.47 Å². The molecule has 6 nitrogen and oxygen atoms in total. The molecule has 212 valence electrons. The van der Waals surface area contributed by atoms with E-state index in [1.54, 1.807) is 0 Å². The normalized spacial score (nSPS) is 20.7. The molecular formula is C35H38N2O4. The maximum Gasteiger partial charge on any atom is 0.314 e. The lowest BCUT2D eigenvalue weighted by atomic mass is 9.78. The number of carbonyl (C=O) groups is 2. The molecule has 1 saturated carbocycles. The number of rotatable bonds is 6. The van der Waals surface area contributed by atoms with E-state index < -0.39 is 0 Å². The van der Waals surface area contributed by atoms with Crippen LogP contribution in [0.2, 0.25) is 0 Å². The fourth-order valence-corrected chi connectivity index (χ4v) is 6.40. The number of ether oxygens (including phenoxy) is 2. The van der Waals surface area contributed by atoms with Gasteiger partial charge in [0.1, 0.15) is 0 Å². The first kappa shape index (κ1) is 27.1. The zero-order valence-electron chi connectivity index (χ0n) is 23.9. The van der Waals surface area contributed by atoms with Gasteiger partial charge in [0.25, 0.3) is 0 Å². The molecule has 0 spiro atoms. The quantitative estimate of drug-likeness (QED) is 0.240. The molecule has 0 bridgehead atoms. The van der Waals surface area contributed by atoms with Crippen molar-refractivity contribution >= 4 is 23.1 Å². The van der Waals surface area contributed by atoms with Gasteiger partial charge in [0.05, 0.1) is 29.9 Å². The first-order valence-electron chi connectivity index (χ1n) is 14.9. The fourth-order valence-electron chi connectivity index (χ4n) is 6.40. The summed E-state index contributed by atoms with van der Waals surface area (Å²) < 4.78 is 11.9. The van der Waals surface area contributed by atoms with Crippen LogP contribution in [-0.2, 0) is 9.59 Å². The van der Waals surface area contributed by atoms with Gasteiger partial charge >= 0.3 is 5.97 Å². The van der Waals surface area contributed by atoms with Crippen LogP contribution in [0.15, 0.2) is 78.0 Å². The molecule has 3 aliphatic rings. The number of benzene rings is 3. The lowest BCUT2D eigenvalue weighted by molar-refractivity contribution is -0.140. The van der Waals surface area contributed by atoms with Crippen LogP contribution in [0.3, 0.4) is 0 Å². The summed E-state index contributed by atoms with van der Waals surface area (Å²) in [7, 11) is 0. The van der Waals surface area contributed by atoms with Gasteiger partial charge in [-0.25, -0.2) is 0 Å². The number of carbonyl (C=O) groups excluding carboxylic acids is 2. The minimum Gasteiger partial charge on any atom is -0.490 e. The van der Waals surface area contributed by atoms with Crippen LogP contribution in [0.25, 0.3) is 0 Å². The molecule has 2 aliphatic carbocycles. The monoisotopic (exact) mass is 550 g/mol. The van der Waals surface area contributed by atoms with Gasteiger partial charge in [-0.15, -0.1) is 0 Å². The van der Waals surface area contributed by atoms with Crippen molar-refractivity contribution in [2.45, 2.75) is 70.8 Å². The molecule has 0 radical (unpaired) electrons. The molecule has 1 heterocycles. The van der Waals surface area contributed by atoms with Gasteiger partial charge in [-0.3, -0.25) is 9.59 Å². The second-order valence-electron chi connectivity index (χ2n) is 11.5. The number of aryl methyl sites for hydroxylation is 1. The van der Waals surface area contributed by atoms with E-state index in [-0.39, 0.29) is 29.6 Å². The average Bonchev–Trinajstić information content (AvgIpc) is 3.16. The lowest BCUT2D eigenvalue weighted by Crippen LogP contribution is -2.27. The van der Waals surface area contributed by atoms with E-state index in [1.165, 1.54) is 17.5 Å². The molecule has 0 saturated heterocycles. The Labute approximate surface area is 242 Å². The summed E-state index contributed by atoms with van der Waals surface area (Å²) in [4.78, 5) is 26.9. The van der Waals surface area contributed by atoms with Crippen LogP contribution < -0.4 is 20.1 Å². The number of hydrogen-bond donors (Lipinski definition) is 2. The van der Waals surface area contributed by atoms with Gasteiger partial charge < -0.3 is 20.1 Å². The van der Waals surface area contributed by atoms with Gasteiger partial charge in [0.15, 0.2) is 17.3 Å². The topological polar surface area (TPSA) is 76.7 Å². The summed E-state index contributed by atoms with van der Waals surface area (Å²) in [5.41, 5.74) is 6.85. The molecule has 0 aromatic heterocycles. The summed E-state index contributed by atoms with van der Waals surface area (Å²) in [6, 6.07) is 21.9. The smallest absolute Gasteiger partial charge is 0.314 e. The Kier molecular flexibility index (Phi) is 7.82. The third kappa shape index (κ3) is 5.74. The Morgan fingerprint density at radius 1 is 0.878 bits per heavy atom. The number of allylic oxidation sites excluding steroid dienone is 1.